The van der Waals surface area contributed by atoms with Crippen molar-refractivity contribution in [2.75, 3.05) is 26.3 Å². The van der Waals surface area contributed by atoms with E-state index in [2.05, 4.69) is 20.1 Å². The Morgan fingerprint density at radius 1 is 1.17 bits per heavy atom. The molecule has 8 nitrogen and oxygen atoms in total. The van der Waals surface area contributed by atoms with Crippen LogP contribution in [0.3, 0.4) is 0 Å². The Morgan fingerprint density at radius 2 is 1.90 bits per heavy atom. The summed E-state index contributed by atoms with van der Waals surface area (Å²) >= 11 is 0. The molecule has 2 aromatic rings. The number of rotatable bonds is 4. The molecule has 4 rings (SSSR count). The van der Waals surface area contributed by atoms with Crippen LogP contribution in [0.2, 0.25) is 0 Å². The van der Waals surface area contributed by atoms with E-state index < -0.39 is 0 Å². The van der Waals surface area contributed by atoms with Crippen molar-refractivity contribution in [3.8, 4) is 17.2 Å². The number of aromatic nitrogens is 3. The molecule has 1 aromatic heterocycles. The molecular weight excluding hydrogens is 370 g/mol. The Morgan fingerprint density at radius 3 is 2.59 bits per heavy atom. The molecule has 1 saturated heterocycles. The van der Waals surface area contributed by atoms with Crippen LogP contribution >= 0.6 is 0 Å². The number of aryl methyl sites for hydroxylation is 1. The van der Waals surface area contributed by atoms with Crippen molar-refractivity contribution < 1.29 is 14.2 Å². The molecule has 2 aliphatic heterocycles. The topological polar surface area (TPSA) is 96.4 Å². The van der Waals surface area contributed by atoms with Gasteiger partial charge in [0.2, 0.25) is 0 Å². The minimum absolute atomic E-state index is 0.127. The van der Waals surface area contributed by atoms with Gasteiger partial charge in [0.1, 0.15) is 36.7 Å². The van der Waals surface area contributed by atoms with E-state index >= 15 is 0 Å². The molecule has 0 unspecified atom stereocenters. The van der Waals surface area contributed by atoms with Crippen LogP contribution in [0, 0.1) is 12.3 Å². The second-order valence-corrected chi connectivity index (χ2v) is 7.45. The highest BCUT2D eigenvalue weighted by molar-refractivity contribution is 6.01. The summed E-state index contributed by atoms with van der Waals surface area (Å²) in [6.07, 6.45) is 1.86. The molecule has 3 heterocycles. The Balaban J connectivity index is 1.35. The summed E-state index contributed by atoms with van der Waals surface area (Å²) in [7, 11) is 0. The largest absolute Gasteiger partial charge is 0.490 e. The molecule has 0 saturated carbocycles. The molecule has 1 fully saturated rings. The molecule has 0 spiro atoms. The van der Waals surface area contributed by atoms with E-state index in [0.29, 0.717) is 24.9 Å². The lowest BCUT2D eigenvalue weighted by Gasteiger charge is -2.34. The van der Waals surface area contributed by atoms with Crippen molar-refractivity contribution in [2.45, 2.75) is 39.7 Å². The second-order valence-electron chi connectivity index (χ2n) is 7.45. The van der Waals surface area contributed by atoms with Gasteiger partial charge in [-0.15, -0.1) is 0 Å². The highest BCUT2D eigenvalue weighted by Gasteiger charge is 2.24. The standard InChI is InChI=1S/C21H27N5O3/c1-13(14(2)21-23-15(3)24-25-21)20(22)26-8-6-16(7-9-26)29-17-4-5-18-19(12-17)28-11-10-27-18/h4-5,12,16,22H,6-11H2,1-3H3,(H,23,24,25)/b14-13-,22-20?. The lowest BCUT2D eigenvalue weighted by Crippen LogP contribution is -2.42. The predicted molar refractivity (Wildman–Crippen MR) is 110 cm³/mol. The first-order valence-electron chi connectivity index (χ1n) is 9.98. The third-order valence-electron chi connectivity index (χ3n) is 5.42. The number of piperidine rings is 1. The van der Waals surface area contributed by atoms with Gasteiger partial charge in [-0.2, -0.15) is 5.10 Å². The van der Waals surface area contributed by atoms with Gasteiger partial charge in [-0.25, -0.2) is 4.98 Å². The normalized spacial score (nSPS) is 17.7. The molecule has 8 heteroatoms. The number of likely N-dealkylation sites (tertiary alicyclic amines) is 1. The summed E-state index contributed by atoms with van der Waals surface area (Å²) in [5.41, 5.74) is 1.82. The van der Waals surface area contributed by atoms with Crippen LogP contribution < -0.4 is 14.2 Å². The minimum atomic E-state index is 0.127. The molecule has 29 heavy (non-hydrogen) atoms. The first-order valence-corrected chi connectivity index (χ1v) is 9.98. The molecule has 0 atom stereocenters. The summed E-state index contributed by atoms with van der Waals surface area (Å²) < 4.78 is 17.3. The van der Waals surface area contributed by atoms with Gasteiger partial charge in [0.15, 0.2) is 17.3 Å². The minimum Gasteiger partial charge on any atom is -0.490 e. The number of aromatic amines is 1. The van der Waals surface area contributed by atoms with Gasteiger partial charge < -0.3 is 19.1 Å². The van der Waals surface area contributed by atoms with Gasteiger partial charge in [-0.1, -0.05) is 0 Å². The zero-order chi connectivity index (χ0) is 20.4. The molecule has 0 aliphatic carbocycles. The lowest BCUT2D eigenvalue weighted by molar-refractivity contribution is 0.128. The summed E-state index contributed by atoms with van der Waals surface area (Å²) in [4.78, 5) is 6.47. The summed E-state index contributed by atoms with van der Waals surface area (Å²) in [6, 6.07) is 5.73. The predicted octanol–water partition coefficient (Wildman–Crippen LogP) is 3.20. The number of hydrogen-bond acceptors (Lipinski definition) is 6. The van der Waals surface area contributed by atoms with Crippen LogP contribution in [-0.2, 0) is 0 Å². The van der Waals surface area contributed by atoms with E-state index in [9.17, 15) is 0 Å². The number of ether oxygens (including phenoxy) is 3. The molecule has 154 valence electrons. The smallest absolute Gasteiger partial charge is 0.177 e. The maximum atomic E-state index is 8.60. The Bertz CT molecular complexity index is 928. The number of hydrogen-bond donors (Lipinski definition) is 2. The summed E-state index contributed by atoms with van der Waals surface area (Å²) in [5, 5.41) is 15.7. The van der Waals surface area contributed by atoms with Crippen LogP contribution in [0.5, 0.6) is 17.2 Å². The van der Waals surface area contributed by atoms with Crippen LogP contribution in [0.4, 0.5) is 0 Å². The lowest BCUT2D eigenvalue weighted by atomic mass is 10.0. The van der Waals surface area contributed by atoms with Crippen molar-refractivity contribution in [1.29, 1.82) is 5.41 Å². The number of benzene rings is 1. The average molecular weight is 397 g/mol. The third-order valence-corrected chi connectivity index (χ3v) is 5.42. The molecule has 1 aromatic carbocycles. The van der Waals surface area contributed by atoms with Crippen molar-refractivity contribution in [1.82, 2.24) is 20.1 Å². The van der Waals surface area contributed by atoms with Crippen molar-refractivity contribution in [3.63, 3.8) is 0 Å². The first kappa shape index (κ1) is 19.3. The van der Waals surface area contributed by atoms with E-state index in [-0.39, 0.29) is 6.10 Å². The van der Waals surface area contributed by atoms with Gasteiger partial charge in [0, 0.05) is 37.6 Å². The quantitative estimate of drug-likeness (QED) is 0.608. The van der Waals surface area contributed by atoms with E-state index in [0.717, 1.165) is 60.2 Å². The average Bonchev–Trinajstić information content (AvgIpc) is 3.19. The zero-order valence-electron chi connectivity index (χ0n) is 17.1. The monoisotopic (exact) mass is 397 g/mol. The van der Waals surface area contributed by atoms with Crippen molar-refractivity contribution in [2.24, 2.45) is 0 Å². The van der Waals surface area contributed by atoms with Crippen LogP contribution in [0.25, 0.3) is 5.57 Å². The SMILES string of the molecule is C/C(C(=N)N1CCC(Oc2ccc3c(c2)OCCO3)CC1)=C(\C)c1n[nH]c(C)n1. The van der Waals surface area contributed by atoms with Crippen LogP contribution in [0.15, 0.2) is 23.8 Å². The number of H-pyrrole nitrogens is 1. The van der Waals surface area contributed by atoms with Gasteiger partial charge in [0.05, 0.1) is 0 Å². The Hall–Kier alpha value is -3.03. The van der Waals surface area contributed by atoms with E-state index in [1.807, 2.05) is 39.0 Å². The second kappa shape index (κ2) is 8.14. The highest BCUT2D eigenvalue weighted by atomic mass is 16.6. The molecule has 2 aliphatic rings. The van der Waals surface area contributed by atoms with E-state index in [1.165, 1.54) is 0 Å². The number of allylic oxidation sites excluding steroid dienone is 1. The highest BCUT2D eigenvalue weighted by Crippen LogP contribution is 2.34. The molecule has 0 amide bonds. The number of nitrogens with one attached hydrogen (secondary N) is 2. The fourth-order valence-electron chi connectivity index (χ4n) is 3.58. The van der Waals surface area contributed by atoms with Crippen molar-refractivity contribution >= 4 is 11.4 Å². The van der Waals surface area contributed by atoms with E-state index in [4.69, 9.17) is 19.6 Å². The fourth-order valence-corrected chi connectivity index (χ4v) is 3.58. The maximum Gasteiger partial charge on any atom is 0.177 e. The van der Waals surface area contributed by atoms with Gasteiger partial charge in [0.25, 0.3) is 0 Å². The number of nitrogens with zero attached hydrogens (tertiary/aromatic N) is 3. The summed E-state index contributed by atoms with van der Waals surface area (Å²) in [6.45, 7) is 8.51. The van der Waals surface area contributed by atoms with Gasteiger partial charge >= 0.3 is 0 Å². The van der Waals surface area contributed by atoms with Crippen LogP contribution in [0.1, 0.15) is 38.3 Å². The Labute approximate surface area is 170 Å². The molecular formula is C21H27N5O3. The Kier molecular flexibility index (Phi) is 5.42. The number of fused-ring (bicyclic) bond motifs is 1. The first-order chi connectivity index (χ1) is 14.0. The summed E-state index contributed by atoms with van der Waals surface area (Å²) in [5.74, 6) is 4.27. The van der Waals surface area contributed by atoms with Gasteiger partial charge in [-0.05, 0) is 38.5 Å². The fraction of sp³-hybridized carbons (Fsp3) is 0.476. The maximum absolute atomic E-state index is 8.60. The molecule has 0 radical (unpaired) electrons. The van der Waals surface area contributed by atoms with Crippen LogP contribution in [-0.4, -0.2) is 58.3 Å². The molecule has 0 bridgehead atoms. The van der Waals surface area contributed by atoms with Gasteiger partial charge in [-0.3, -0.25) is 10.5 Å². The zero-order valence-corrected chi connectivity index (χ0v) is 17.1. The molecule has 2 N–H and O–H groups in total. The van der Waals surface area contributed by atoms with Crippen molar-refractivity contribution in [3.05, 3.63) is 35.4 Å². The number of amidine groups is 1. The third kappa shape index (κ3) is 4.21. The van der Waals surface area contributed by atoms with E-state index in [1.54, 1.807) is 0 Å².